The van der Waals surface area contributed by atoms with Gasteiger partial charge in [-0.25, -0.2) is 4.98 Å². The predicted molar refractivity (Wildman–Crippen MR) is 104 cm³/mol. The Labute approximate surface area is 153 Å². The molecule has 1 aliphatic heterocycles. The number of aryl methyl sites for hydroxylation is 1. The molecule has 0 saturated carbocycles. The molecular weight excluding hydrogens is 322 g/mol. The lowest BCUT2D eigenvalue weighted by atomic mass is 10.1. The number of aromatic nitrogens is 2. The second-order valence-corrected chi connectivity index (χ2v) is 6.87. The summed E-state index contributed by atoms with van der Waals surface area (Å²) >= 11 is 0. The lowest BCUT2D eigenvalue weighted by Gasteiger charge is -2.20. The Morgan fingerprint density at radius 1 is 1.19 bits per heavy atom. The van der Waals surface area contributed by atoms with Gasteiger partial charge in [0.1, 0.15) is 5.82 Å². The molecule has 1 aliphatic rings. The molecule has 4 nitrogen and oxygen atoms in total. The number of nitrogens with zero attached hydrogens (tertiary/aromatic N) is 3. The van der Waals surface area contributed by atoms with Crippen LogP contribution in [-0.2, 0) is 11.3 Å². The topological polar surface area (TPSA) is 38.1 Å². The Morgan fingerprint density at radius 3 is 2.81 bits per heavy atom. The van der Waals surface area contributed by atoms with E-state index >= 15 is 0 Å². The fourth-order valence-corrected chi connectivity index (χ4v) is 3.80. The molecular formula is C22H21N3O. The molecule has 1 amide bonds. The first-order valence-corrected chi connectivity index (χ1v) is 8.85. The van der Waals surface area contributed by atoms with Gasteiger partial charge in [0.2, 0.25) is 5.91 Å². The number of benzene rings is 2. The minimum atomic E-state index is 0.0446. The van der Waals surface area contributed by atoms with E-state index in [1.165, 1.54) is 5.56 Å². The summed E-state index contributed by atoms with van der Waals surface area (Å²) in [7, 11) is 0. The van der Waals surface area contributed by atoms with Crippen LogP contribution in [0.5, 0.6) is 0 Å². The molecule has 1 saturated heterocycles. The van der Waals surface area contributed by atoms with Crippen LogP contribution < -0.4 is 4.90 Å². The van der Waals surface area contributed by atoms with Crippen molar-refractivity contribution in [2.45, 2.75) is 32.7 Å². The lowest BCUT2D eigenvalue weighted by molar-refractivity contribution is -0.117. The summed E-state index contributed by atoms with van der Waals surface area (Å²) in [5.74, 6) is 3.82. The van der Waals surface area contributed by atoms with Crippen LogP contribution in [0.2, 0.25) is 0 Å². The van der Waals surface area contributed by atoms with Crippen molar-refractivity contribution in [1.29, 1.82) is 0 Å². The van der Waals surface area contributed by atoms with Gasteiger partial charge in [0.25, 0.3) is 0 Å². The Balaban J connectivity index is 1.74. The maximum absolute atomic E-state index is 12.8. The van der Waals surface area contributed by atoms with Crippen molar-refractivity contribution in [3.8, 4) is 12.3 Å². The van der Waals surface area contributed by atoms with Gasteiger partial charge < -0.3 is 9.47 Å². The van der Waals surface area contributed by atoms with E-state index in [2.05, 4.69) is 30.4 Å². The van der Waals surface area contributed by atoms with Crippen LogP contribution in [-0.4, -0.2) is 22.0 Å². The molecule has 0 N–H and O–H groups in total. The van der Waals surface area contributed by atoms with E-state index in [9.17, 15) is 4.79 Å². The third kappa shape index (κ3) is 2.57. The number of carbonyl (C=O) groups excluding carboxylic acids is 1. The summed E-state index contributed by atoms with van der Waals surface area (Å²) < 4.78 is 2.07. The smallest absolute Gasteiger partial charge is 0.227 e. The van der Waals surface area contributed by atoms with Crippen LogP contribution in [0.3, 0.4) is 0 Å². The van der Waals surface area contributed by atoms with E-state index in [1.807, 2.05) is 41.3 Å². The van der Waals surface area contributed by atoms with Gasteiger partial charge in [-0.05, 0) is 43.2 Å². The molecule has 4 rings (SSSR count). The van der Waals surface area contributed by atoms with Gasteiger partial charge in [-0.15, -0.1) is 6.42 Å². The van der Waals surface area contributed by atoms with Gasteiger partial charge in [-0.3, -0.25) is 4.79 Å². The molecule has 130 valence electrons. The van der Waals surface area contributed by atoms with Crippen molar-refractivity contribution in [3.63, 3.8) is 0 Å². The predicted octanol–water partition coefficient (Wildman–Crippen LogP) is 3.81. The highest BCUT2D eigenvalue weighted by molar-refractivity contribution is 5.97. The standard InChI is InChI=1S/C22H21N3O/c1-4-12-24-20-10-6-5-9-18(20)23-22(24)17-13-21(26)25(14-17)19-11-7-8-15(2)16(19)3/h1,5-11,17H,12-14H2,2-3H3/t17-/m1/s1. The van der Waals surface area contributed by atoms with E-state index in [4.69, 9.17) is 11.4 Å². The number of carbonyl (C=O) groups is 1. The van der Waals surface area contributed by atoms with Crippen molar-refractivity contribution >= 4 is 22.6 Å². The van der Waals surface area contributed by atoms with Crippen LogP contribution in [0.1, 0.15) is 29.3 Å². The molecule has 1 aromatic heterocycles. The third-order valence-corrected chi connectivity index (χ3v) is 5.29. The van der Waals surface area contributed by atoms with E-state index in [0.717, 1.165) is 28.1 Å². The number of rotatable bonds is 3. The summed E-state index contributed by atoms with van der Waals surface area (Å²) in [5.41, 5.74) is 5.29. The van der Waals surface area contributed by atoms with Crippen LogP contribution in [0, 0.1) is 26.2 Å². The number of hydrogen-bond acceptors (Lipinski definition) is 2. The van der Waals surface area contributed by atoms with Crippen LogP contribution in [0.25, 0.3) is 11.0 Å². The first-order valence-electron chi connectivity index (χ1n) is 8.85. The summed E-state index contributed by atoms with van der Waals surface area (Å²) in [5, 5.41) is 0. The Morgan fingerprint density at radius 2 is 2.00 bits per heavy atom. The quantitative estimate of drug-likeness (QED) is 0.678. The summed E-state index contributed by atoms with van der Waals surface area (Å²) in [4.78, 5) is 19.5. The van der Waals surface area contributed by atoms with E-state index in [-0.39, 0.29) is 11.8 Å². The second kappa shape index (κ2) is 6.34. The number of amides is 1. The summed E-state index contributed by atoms with van der Waals surface area (Å²) in [6.45, 7) is 5.24. The van der Waals surface area contributed by atoms with Gasteiger partial charge >= 0.3 is 0 Å². The zero-order valence-corrected chi connectivity index (χ0v) is 15.1. The van der Waals surface area contributed by atoms with Gasteiger partial charge in [-0.2, -0.15) is 0 Å². The van der Waals surface area contributed by atoms with Gasteiger partial charge in [-0.1, -0.05) is 30.2 Å². The minimum Gasteiger partial charge on any atom is -0.316 e. The van der Waals surface area contributed by atoms with Gasteiger partial charge in [0, 0.05) is 24.6 Å². The summed E-state index contributed by atoms with van der Waals surface area (Å²) in [6, 6.07) is 14.1. The van der Waals surface area contributed by atoms with Crippen molar-refractivity contribution in [2.75, 3.05) is 11.4 Å². The van der Waals surface area contributed by atoms with Crippen molar-refractivity contribution in [1.82, 2.24) is 9.55 Å². The zero-order valence-electron chi connectivity index (χ0n) is 15.1. The molecule has 0 bridgehead atoms. The fraction of sp³-hybridized carbons (Fsp3) is 0.273. The Bertz CT molecular complexity index is 1040. The molecule has 3 aromatic rings. The molecule has 2 aromatic carbocycles. The van der Waals surface area contributed by atoms with Crippen LogP contribution in [0.4, 0.5) is 5.69 Å². The molecule has 0 spiro atoms. The molecule has 1 atom stereocenters. The highest BCUT2D eigenvalue weighted by Crippen LogP contribution is 2.35. The molecule has 26 heavy (non-hydrogen) atoms. The molecule has 1 fully saturated rings. The highest BCUT2D eigenvalue weighted by Gasteiger charge is 2.35. The fourth-order valence-electron chi connectivity index (χ4n) is 3.80. The van der Waals surface area contributed by atoms with Crippen molar-refractivity contribution in [3.05, 3.63) is 59.4 Å². The molecule has 0 aliphatic carbocycles. The number of hydrogen-bond donors (Lipinski definition) is 0. The first-order chi connectivity index (χ1) is 12.6. The van der Waals surface area contributed by atoms with Crippen molar-refractivity contribution in [2.24, 2.45) is 0 Å². The third-order valence-electron chi connectivity index (χ3n) is 5.29. The maximum Gasteiger partial charge on any atom is 0.227 e. The molecule has 4 heteroatoms. The minimum absolute atomic E-state index is 0.0446. The summed E-state index contributed by atoms with van der Waals surface area (Å²) in [6.07, 6.45) is 6.04. The Hall–Kier alpha value is -3.06. The van der Waals surface area contributed by atoms with E-state index in [1.54, 1.807) is 0 Å². The zero-order chi connectivity index (χ0) is 18.3. The van der Waals surface area contributed by atoms with E-state index < -0.39 is 0 Å². The number of imidazole rings is 1. The highest BCUT2D eigenvalue weighted by atomic mass is 16.2. The second-order valence-electron chi connectivity index (χ2n) is 6.87. The van der Waals surface area contributed by atoms with Crippen molar-refractivity contribution < 1.29 is 4.79 Å². The SMILES string of the molecule is C#CCn1c([C@@H]2CC(=O)N(c3cccc(C)c3C)C2)nc2ccccc21. The van der Waals surface area contributed by atoms with E-state index in [0.29, 0.717) is 19.5 Å². The monoisotopic (exact) mass is 343 g/mol. The average molecular weight is 343 g/mol. The van der Waals surface area contributed by atoms with Crippen LogP contribution in [0.15, 0.2) is 42.5 Å². The van der Waals surface area contributed by atoms with Crippen LogP contribution >= 0.6 is 0 Å². The largest absolute Gasteiger partial charge is 0.316 e. The normalized spacial score (nSPS) is 17.0. The molecule has 0 unspecified atom stereocenters. The lowest BCUT2D eigenvalue weighted by Crippen LogP contribution is -2.25. The number of fused-ring (bicyclic) bond motifs is 1. The molecule has 0 radical (unpaired) electrons. The van der Waals surface area contributed by atoms with Gasteiger partial charge in [0.15, 0.2) is 0 Å². The molecule has 2 heterocycles. The first kappa shape index (κ1) is 16.4. The van der Waals surface area contributed by atoms with Gasteiger partial charge in [0.05, 0.1) is 17.6 Å². The number of anilines is 1. The number of terminal acetylenes is 1. The average Bonchev–Trinajstić information content (AvgIpc) is 3.19. The number of para-hydroxylation sites is 2. The maximum atomic E-state index is 12.8. The Kier molecular flexibility index (Phi) is 4.00.